The van der Waals surface area contributed by atoms with Crippen LogP contribution in [0.3, 0.4) is 0 Å². The molecule has 0 saturated carbocycles. The maximum absolute atomic E-state index is 12.6. The van der Waals surface area contributed by atoms with Crippen LogP contribution in [-0.4, -0.2) is 65.5 Å². The first-order valence-corrected chi connectivity index (χ1v) is 11.3. The van der Waals surface area contributed by atoms with E-state index in [1.165, 1.54) is 11.8 Å². The molecule has 0 radical (unpaired) electrons. The number of hydrogen-bond donors (Lipinski definition) is 5. The van der Waals surface area contributed by atoms with Crippen molar-refractivity contribution in [3.05, 3.63) is 0 Å². The summed E-state index contributed by atoms with van der Waals surface area (Å²) in [6.07, 6.45) is 3.21. The number of carboxylic acids is 1. The number of nitrogens with two attached hydrogens (primary N) is 1. The van der Waals surface area contributed by atoms with Gasteiger partial charge in [0.25, 0.3) is 0 Å². The number of nitrogens with one attached hydrogen (secondary N) is 3. The second-order valence-corrected chi connectivity index (χ2v) is 8.55. The maximum atomic E-state index is 12.6. The van der Waals surface area contributed by atoms with Gasteiger partial charge in [-0.25, -0.2) is 4.79 Å². The van der Waals surface area contributed by atoms with Crippen LogP contribution in [0.2, 0.25) is 0 Å². The fourth-order valence-corrected chi connectivity index (χ4v) is 2.98. The minimum absolute atomic E-state index is 0.0215. The van der Waals surface area contributed by atoms with Gasteiger partial charge in [0.2, 0.25) is 17.7 Å². The molecule has 0 aromatic carbocycles. The molecule has 0 aromatic heterocycles. The number of aliphatic carboxylic acids is 1. The lowest BCUT2D eigenvalue weighted by Crippen LogP contribution is -2.54. The van der Waals surface area contributed by atoms with Crippen molar-refractivity contribution in [3.8, 4) is 0 Å². The standard InChI is InChI=1S/C19H36N4O5S/c1-6-12(4)16(20)18(26)21-10-15(24)22-14(9-11(2)3)17(25)23-13(19(27)28)7-8-29-5/h11-14,16H,6-10,20H2,1-5H3,(H,21,26)(H,22,24)(H,23,25)(H,27,28)/t12-,13+,14-,16-/m0/s1. The van der Waals surface area contributed by atoms with Gasteiger partial charge in [-0.1, -0.05) is 34.1 Å². The summed E-state index contributed by atoms with van der Waals surface area (Å²) in [7, 11) is 0. The quantitative estimate of drug-likeness (QED) is 0.265. The van der Waals surface area contributed by atoms with Crippen molar-refractivity contribution in [1.82, 2.24) is 16.0 Å². The minimum Gasteiger partial charge on any atom is -0.480 e. The Hall–Kier alpha value is -1.81. The largest absolute Gasteiger partial charge is 0.480 e. The third kappa shape index (κ3) is 11.1. The molecule has 0 saturated heterocycles. The summed E-state index contributed by atoms with van der Waals surface area (Å²) in [4.78, 5) is 48.2. The fourth-order valence-electron chi connectivity index (χ4n) is 2.51. The molecule has 29 heavy (non-hydrogen) atoms. The highest BCUT2D eigenvalue weighted by Crippen LogP contribution is 2.08. The van der Waals surface area contributed by atoms with E-state index in [0.29, 0.717) is 12.2 Å². The number of carbonyl (C=O) groups is 4. The molecule has 4 atom stereocenters. The third-order valence-corrected chi connectivity index (χ3v) is 5.21. The van der Waals surface area contributed by atoms with Gasteiger partial charge in [0.15, 0.2) is 0 Å². The Labute approximate surface area is 177 Å². The topological polar surface area (TPSA) is 151 Å². The zero-order valence-corrected chi connectivity index (χ0v) is 18.8. The summed E-state index contributed by atoms with van der Waals surface area (Å²) in [6, 6.07) is -2.62. The summed E-state index contributed by atoms with van der Waals surface area (Å²) >= 11 is 1.48. The molecule has 10 heteroatoms. The van der Waals surface area contributed by atoms with E-state index in [-0.39, 0.29) is 24.8 Å². The summed E-state index contributed by atoms with van der Waals surface area (Å²) in [5.74, 6) is -1.98. The second-order valence-electron chi connectivity index (χ2n) is 7.56. The van der Waals surface area contributed by atoms with Crippen LogP contribution >= 0.6 is 11.8 Å². The number of rotatable bonds is 14. The molecular formula is C19H36N4O5S. The Bertz CT molecular complexity index is 559. The molecule has 168 valence electrons. The number of carbonyl (C=O) groups excluding carboxylic acids is 3. The molecular weight excluding hydrogens is 396 g/mol. The molecule has 3 amide bonds. The van der Waals surface area contributed by atoms with Crippen LogP contribution < -0.4 is 21.7 Å². The predicted octanol–water partition coefficient (Wildman–Crippen LogP) is 0.329. The van der Waals surface area contributed by atoms with E-state index >= 15 is 0 Å². The summed E-state index contributed by atoms with van der Waals surface area (Å²) in [6.45, 7) is 7.25. The van der Waals surface area contributed by atoms with Crippen molar-refractivity contribution >= 4 is 35.5 Å². The van der Waals surface area contributed by atoms with Crippen molar-refractivity contribution in [2.45, 2.75) is 65.1 Å². The first-order chi connectivity index (χ1) is 13.5. The van der Waals surface area contributed by atoms with Crippen molar-refractivity contribution in [1.29, 1.82) is 0 Å². The summed E-state index contributed by atoms with van der Waals surface area (Å²) < 4.78 is 0. The Morgan fingerprint density at radius 1 is 1.03 bits per heavy atom. The van der Waals surface area contributed by atoms with Crippen LogP contribution in [0.15, 0.2) is 0 Å². The normalized spacial score (nSPS) is 15.1. The van der Waals surface area contributed by atoms with E-state index in [0.717, 1.165) is 6.42 Å². The van der Waals surface area contributed by atoms with Gasteiger partial charge in [-0.3, -0.25) is 14.4 Å². The molecule has 0 spiro atoms. The highest BCUT2D eigenvalue weighted by molar-refractivity contribution is 7.98. The molecule has 0 aliphatic heterocycles. The molecule has 0 bridgehead atoms. The van der Waals surface area contributed by atoms with Crippen molar-refractivity contribution in [2.75, 3.05) is 18.6 Å². The lowest BCUT2D eigenvalue weighted by Gasteiger charge is -2.23. The highest BCUT2D eigenvalue weighted by atomic mass is 32.2. The second kappa shape index (κ2) is 14.2. The van der Waals surface area contributed by atoms with Gasteiger partial charge in [0.05, 0.1) is 12.6 Å². The summed E-state index contributed by atoms with van der Waals surface area (Å²) in [5, 5.41) is 16.8. The van der Waals surface area contributed by atoms with Crippen LogP contribution in [0, 0.1) is 11.8 Å². The smallest absolute Gasteiger partial charge is 0.326 e. The lowest BCUT2D eigenvalue weighted by atomic mass is 9.99. The Kier molecular flexibility index (Phi) is 13.3. The third-order valence-electron chi connectivity index (χ3n) is 4.57. The highest BCUT2D eigenvalue weighted by Gasteiger charge is 2.27. The lowest BCUT2D eigenvalue weighted by molar-refractivity contribution is -0.142. The SMILES string of the molecule is CC[C@H](C)[C@H](N)C(=O)NCC(=O)N[C@@H](CC(C)C)C(=O)N[C@H](CCSC)C(=O)O. The van der Waals surface area contributed by atoms with Gasteiger partial charge in [-0.05, 0) is 36.7 Å². The zero-order chi connectivity index (χ0) is 22.6. The van der Waals surface area contributed by atoms with Crippen LogP contribution in [0.4, 0.5) is 0 Å². The van der Waals surface area contributed by atoms with Crippen LogP contribution in [0.5, 0.6) is 0 Å². The first-order valence-electron chi connectivity index (χ1n) is 9.88. The van der Waals surface area contributed by atoms with Gasteiger partial charge in [0.1, 0.15) is 12.1 Å². The average molecular weight is 433 g/mol. The van der Waals surface area contributed by atoms with Crippen molar-refractivity contribution in [2.24, 2.45) is 17.6 Å². The van der Waals surface area contributed by atoms with E-state index in [4.69, 9.17) is 5.73 Å². The average Bonchev–Trinajstić information content (AvgIpc) is 2.66. The van der Waals surface area contributed by atoms with Gasteiger partial charge < -0.3 is 26.8 Å². The van der Waals surface area contributed by atoms with Gasteiger partial charge in [0, 0.05) is 0 Å². The molecule has 0 rings (SSSR count). The van der Waals surface area contributed by atoms with Crippen molar-refractivity contribution < 1.29 is 24.3 Å². The molecule has 9 nitrogen and oxygen atoms in total. The maximum Gasteiger partial charge on any atom is 0.326 e. The van der Waals surface area contributed by atoms with Crippen LogP contribution in [-0.2, 0) is 19.2 Å². The van der Waals surface area contributed by atoms with E-state index < -0.39 is 41.8 Å². The Balaban J connectivity index is 4.88. The van der Waals surface area contributed by atoms with E-state index in [2.05, 4.69) is 16.0 Å². The van der Waals surface area contributed by atoms with E-state index in [1.807, 2.05) is 34.0 Å². The number of carboxylic acid groups (broad SMARTS) is 1. The first kappa shape index (κ1) is 27.2. The molecule has 0 heterocycles. The van der Waals surface area contributed by atoms with E-state index in [9.17, 15) is 24.3 Å². The van der Waals surface area contributed by atoms with Crippen LogP contribution in [0.1, 0.15) is 47.0 Å². The summed E-state index contributed by atoms with van der Waals surface area (Å²) in [5.41, 5.74) is 5.83. The molecule has 0 aliphatic carbocycles. The number of amides is 3. The molecule has 0 aliphatic rings. The molecule has 0 aromatic rings. The number of thioether (sulfide) groups is 1. The number of hydrogen-bond acceptors (Lipinski definition) is 6. The van der Waals surface area contributed by atoms with E-state index in [1.54, 1.807) is 0 Å². The van der Waals surface area contributed by atoms with Gasteiger partial charge >= 0.3 is 5.97 Å². The predicted molar refractivity (Wildman–Crippen MR) is 114 cm³/mol. The molecule has 0 fully saturated rings. The van der Waals surface area contributed by atoms with Gasteiger partial charge in [-0.15, -0.1) is 0 Å². The zero-order valence-electron chi connectivity index (χ0n) is 18.0. The van der Waals surface area contributed by atoms with Gasteiger partial charge in [-0.2, -0.15) is 11.8 Å². The monoisotopic (exact) mass is 432 g/mol. The Morgan fingerprint density at radius 3 is 2.14 bits per heavy atom. The van der Waals surface area contributed by atoms with Crippen molar-refractivity contribution in [3.63, 3.8) is 0 Å². The fraction of sp³-hybridized carbons (Fsp3) is 0.789. The minimum atomic E-state index is -1.12. The molecule has 0 unspecified atom stereocenters. The van der Waals surface area contributed by atoms with Crippen LogP contribution in [0.25, 0.3) is 0 Å². The Morgan fingerprint density at radius 2 is 1.66 bits per heavy atom. The molecule has 6 N–H and O–H groups in total.